The number of hydrogen-bond donors (Lipinski definition) is 1. The van der Waals surface area contributed by atoms with E-state index < -0.39 is 0 Å². The van der Waals surface area contributed by atoms with Gasteiger partial charge in [-0.2, -0.15) is 0 Å². The number of hydrogen-bond acceptors (Lipinski definition) is 3. The molecule has 0 fully saturated rings. The van der Waals surface area contributed by atoms with Crippen molar-refractivity contribution in [1.82, 2.24) is 5.32 Å². The fourth-order valence-electron chi connectivity index (χ4n) is 2.35. The normalized spacial score (nSPS) is 12.0. The highest BCUT2D eigenvalue weighted by atomic mass is 16.5. The van der Waals surface area contributed by atoms with E-state index in [9.17, 15) is 4.79 Å². The Balaban J connectivity index is 1.96. The number of nitrogens with one attached hydrogen (secondary N) is 1. The van der Waals surface area contributed by atoms with Crippen molar-refractivity contribution in [3.8, 4) is 11.5 Å². The molecule has 2 rings (SSSR count). The average molecular weight is 325 g/mol. The van der Waals surface area contributed by atoms with Gasteiger partial charge < -0.3 is 14.8 Å². The molecule has 2 aromatic carbocycles. The second-order valence-electron chi connectivity index (χ2n) is 5.50. The molecule has 1 atom stereocenters. The molecule has 0 saturated heterocycles. The molecule has 4 nitrogen and oxygen atoms in total. The lowest BCUT2D eigenvalue weighted by molar-refractivity contribution is -0.116. The first-order valence-corrected chi connectivity index (χ1v) is 7.87. The molecule has 1 unspecified atom stereocenters. The van der Waals surface area contributed by atoms with Crippen molar-refractivity contribution in [2.45, 2.75) is 12.8 Å². The second-order valence-corrected chi connectivity index (χ2v) is 5.50. The van der Waals surface area contributed by atoms with E-state index in [0.29, 0.717) is 18.0 Å². The summed E-state index contributed by atoms with van der Waals surface area (Å²) < 4.78 is 10.5. The van der Waals surface area contributed by atoms with E-state index in [1.165, 1.54) is 11.6 Å². The van der Waals surface area contributed by atoms with E-state index in [4.69, 9.17) is 9.47 Å². The Morgan fingerprint density at radius 3 is 2.54 bits per heavy atom. The van der Waals surface area contributed by atoms with Gasteiger partial charge in [-0.15, -0.1) is 0 Å². The molecule has 0 bridgehead atoms. The lowest BCUT2D eigenvalue weighted by Gasteiger charge is -2.12. The van der Waals surface area contributed by atoms with Gasteiger partial charge in [0, 0.05) is 18.2 Å². The van der Waals surface area contributed by atoms with Gasteiger partial charge in [0.25, 0.3) is 0 Å². The van der Waals surface area contributed by atoms with Crippen molar-refractivity contribution in [3.63, 3.8) is 0 Å². The second kappa shape index (κ2) is 8.77. The summed E-state index contributed by atoms with van der Waals surface area (Å²) in [7, 11) is 3.20. The maximum atomic E-state index is 12.0. The lowest BCUT2D eigenvalue weighted by Crippen LogP contribution is -2.25. The molecular weight excluding hydrogens is 302 g/mol. The summed E-state index contributed by atoms with van der Waals surface area (Å²) in [5, 5.41) is 2.92. The van der Waals surface area contributed by atoms with Crippen molar-refractivity contribution in [2.75, 3.05) is 20.8 Å². The maximum Gasteiger partial charge on any atom is 0.244 e. The van der Waals surface area contributed by atoms with Crippen molar-refractivity contribution in [3.05, 3.63) is 65.7 Å². The molecule has 0 aliphatic heterocycles. The smallest absolute Gasteiger partial charge is 0.244 e. The largest absolute Gasteiger partial charge is 0.497 e. The molecule has 2 aromatic rings. The van der Waals surface area contributed by atoms with Gasteiger partial charge in [0.05, 0.1) is 14.2 Å². The minimum Gasteiger partial charge on any atom is -0.497 e. The number of amides is 1. The van der Waals surface area contributed by atoms with Crippen LogP contribution in [-0.4, -0.2) is 26.7 Å². The van der Waals surface area contributed by atoms with Gasteiger partial charge in [-0.1, -0.05) is 37.3 Å². The van der Waals surface area contributed by atoms with E-state index in [1.807, 2.05) is 36.4 Å². The highest BCUT2D eigenvalue weighted by Crippen LogP contribution is 2.25. The average Bonchev–Trinajstić information content (AvgIpc) is 2.64. The van der Waals surface area contributed by atoms with E-state index >= 15 is 0 Å². The highest BCUT2D eigenvalue weighted by molar-refractivity contribution is 5.92. The highest BCUT2D eigenvalue weighted by Gasteiger charge is 2.06. The fourth-order valence-corrected chi connectivity index (χ4v) is 2.35. The topological polar surface area (TPSA) is 47.6 Å². The quantitative estimate of drug-likeness (QED) is 0.791. The molecule has 1 N–H and O–H groups in total. The van der Waals surface area contributed by atoms with Crippen LogP contribution in [0.3, 0.4) is 0 Å². The third-order valence-electron chi connectivity index (χ3n) is 3.80. The summed E-state index contributed by atoms with van der Waals surface area (Å²) in [5.41, 5.74) is 2.00. The van der Waals surface area contributed by atoms with Crippen LogP contribution in [0.15, 0.2) is 54.6 Å². The molecule has 0 radical (unpaired) electrons. The predicted molar refractivity (Wildman–Crippen MR) is 96.4 cm³/mol. The van der Waals surface area contributed by atoms with E-state index in [0.717, 1.165) is 5.56 Å². The molecule has 126 valence electrons. The first-order chi connectivity index (χ1) is 11.6. The van der Waals surface area contributed by atoms with Crippen molar-refractivity contribution in [1.29, 1.82) is 0 Å². The van der Waals surface area contributed by atoms with Gasteiger partial charge in [0.1, 0.15) is 11.5 Å². The Morgan fingerprint density at radius 2 is 1.88 bits per heavy atom. The summed E-state index contributed by atoms with van der Waals surface area (Å²) in [5.74, 6) is 1.53. The molecule has 0 aromatic heterocycles. The van der Waals surface area contributed by atoms with Crippen LogP contribution < -0.4 is 14.8 Å². The molecule has 0 aliphatic rings. The zero-order valence-corrected chi connectivity index (χ0v) is 14.3. The summed E-state index contributed by atoms with van der Waals surface area (Å²) >= 11 is 0. The van der Waals surface area contributed by atoms with Gasteiger partial charge in [-0.3, -0.25) is 4.79 Å². The number of benzene rings is 2. The monoisotopic (exact) mass is 325 g/mol. The Bertz CT molecular complexity index is 695. The number of ether oxygens (including phenoxy) is 2. The molecular formula is C20H23NO3. The first kappa shape index (κ1) is 17.6. The number of methoxy groups -OCH3 is 2. The minimum atomic E-state index is -0.136. The molecule has 0 aliphatic carbocycles. The van der Waals surface area contributed by atoms with Crippen molar-refractivity contribution in [2.24, 2.45) is 0 Å². The Kier molecular flexibility index (Phi) is 6.43. The third-order valence-corrected chi connectivity index (χ3v) is 3.80. The zero-order chi connectivity index (χ0) is 17.4. The molecule has 0 heterocycles. The predicted octanol–water partition coefficient (Wildman–Crippen LogP) is 3.64. The Labute approximate surface area is 143 Å². The lowest BCUT2D eigenvalue weighted by atomic mass is 10.0. The fraction of sp³-hybridized carbons (Fsp3) is 0.250. The number of carbonyl (C=O) groups is 1. The van der Waals surface area contributed by atoms with Crippen LogP contribution in [-0.2, 0) is 4.79 Å². The zero-order valence-electron chi connectivity index (χ0n) is 14.3. The summed E-state index contributed by atoms with van der Waals surface area (Å²) in [4.78, 5) is 12.0. The molecule has 24 heavy (non-hydrogen) atoms. The molecule has 0 spiro atoms. The minimum absolute atomic E-state index is 0.136. The Morgan fingerprint density at radius 1 is 1.12 bits per heavy atom. The van der Waals surface area contributed by atoms with E-state index in [2.05, 4.69) is 24.4 Å². The van der Waals surface area contributed by atoms with Crippen LogP contribution in [0.25, 0.3) is 6.08 Å². The van der Waals surface area contributed by atoms with Gasteiger partial charge >= 0.3 is 0 Å². The van der Waals surface area contributed by atoms with Crippen LogP contribution >= 0.6 is 0 Å². The SMILES string of the molecule is COc1ccc(OC)c(C=CC(=O)NCC(C)c2ccccc2)c1. The van der Waals surface area contributed by atoms with Gasteiger partial charge in [-0.05, 0) is 35.8 Å². The summed E-state index contributed by atoms with van der Waals surface area (Å²) in [6, 6.07) is 15.6. The van der Waals surface area contributed by atoms with Gasteiger partial charge in [0.2, 0.25) is 5.91 Å². The van der Waals surface area contributed by atoms with E-state index in [-0.39, 0.29) is 11.8 Å². The first-order valence-electron chi connectivity index (χ1n) is 7.87. The standard InChI is InChI=1S/C20H23NO3/c1-15(16-7-5-4-6-8-16)14-21-20(22)12-9-17-13-18(23-2)10-11-19(17)24-3/h4-13,15H,14H2,1-3H3,(H,21,22). The molecule has 1 amide bonds. The van der Waals surface area contributed by atoms with Crippen LogP contribution in [0.4, 0.5) is 0 Å². The van der Waals surface area contributed by atoms with Gasteiger partial charge in [0.15, 0.2) is 0 Å². The number of carbonyl (C=O) groups excluding carboxylic acids is 1. The van der Waals surface area contributed by atoms with Crippen LogP contribution in [0, 0.1) is 0 Å². The third kappa shape index (κ3) is 4.88. The Hall–Kier alpha value is -2.75. The van der Waals surface area contributed by atoms with Gasteiger partial charge in [-0.25, -0.2) is 0 Å². The molecule has 4 heteroatoms. The van der Waals surface area contributed by atoms with Crippen LogP contribution in [0.5, 0.6) is 11.5 Å². The van der Waals surface area contributed by atoms with E-state index in [1.54, 1.807) is 20.3 Å². The molecule has 0 saturated carbocycles. The van der Waals surface area contributed by atoms with Crippen molar-refractivity contribution >= 4 is 12.0 Å². The van der Waals surface area contributed by atoms with Crippen LogP contribution in [0.1, 0.15) is 24.0 Å². The maximum absolute atomic E-state index is 12.0. The number of rotatable bonds is 7. The summed E-state index contributed by atoms with van der Waals surface area (Å²) in [6.07, 6.45) is 3.23. The summed E-state index contributed by atoms with van der Waals surface area (Å²) in [6.45, 7) is 2.67. The van der Waals surface area contributed by atoms with Crippen molar-refractivity contribution < 1.29 is 14.3 Å². The van der Waals surface area contributed by atoms with Crippen LogP contribution in [0.2, 0.25) is 0 Å².